The maximum absolute atomic E-state index is 13.4. The van der Waals surface area contributed by atoms with Crippen molar-refractivity contribution < 1.29 is 14.4 Å². The van der Waals surface area contributed by atoms with Crippen LogP contribution < -0.4 is 10.6 Å². The molecule has 0 unspecified atom stereocenters. The van der Waals surface area contributed by atoms with Crippen molar-refractivity contribution in [1.82, 2.24) is 10.2 Å². The van der Waals surface area contributed by atoms with Crippen LogP contribution in [0.4, 0.5) is 5.69 Å². The number of likely N-dealkylation sites (tertiary alicyclic amines) is 1. The van der Waals surface area contributed by atoms with Gasteiger partial charge in [0.25, 0.3) is 0 Å². The van der Waals surface area contributed by atoms with Gasteiger partial charge in [0.15, 0.2) is 0 Å². The Labute approximate surface area is 170 Å². The van der Waals surface area contributed by atoms with Crippen molar-refractivity contribution in [3.8, 4) is 0 Å². The van der Waals surface area contributed by atoms with Gasteiger partial charge in [-0.3, -0.25) is 24.6 Å². The number of nitrogens with zero attached hydrogens (tertiary/aromatic N) is 1. The minimum atomic E-state index is -1.22. The molecule has 3 aliphatic heterocycles. The van der Waals surface area contributed by atoms with Crippen molar-refractivity contribution in [2.45, 2.75) is 25.0 Å². The van der Waals surface area contributed by atoms with E-state index in [1.807, 2.05) is 55.5 Å². The summed E-state index contributed by atoms with van der Waals surface area (Å²) in [6.45, 7) is 2.09. The molecule has 142 valence electrons. The molecule has 3 amide bonds. The molecule has 5 rings (SSSR count). The molecule has 3 heterocycles. The van der Waals surface area contributed by atoms with Crippen LogP contribution in [0.1, 0.15) is 18.1 Å². The fraction of sp³-hybridized carbons (Fsp3) is 0.286. The van der Waals surface area contributed by atoms with Crippen molar-refractivity contribution in [2.75, 3.05) is 5.32 Å². The number of hydrogen-bond donors (Lipinski definition) is 2. The normalized spacial score (nSPS) is 30.7. The van der Waals surface area contributed by atoms with Gasteiger partial charge < -0.3 is 5.32 Å². The van der Waals surface area contributed by atoms with E-state index in [1.165, 1.54) is 4.90 Å². The zero-order valence-corrected chi connectivity index (χ0v) is 16.7. The molecule has 28 heavy (non-hydrogen) atoms. The summed E-state index contributed by atoms with van der Waals surface area (Å²) in [6.07, 6.45) is 0. The molecule has 1 spiro atoms. The summed E-state index contributed by atoms with van der Waals surface area (Å²) < 4.78 is 0.818. The highest BCUT2D eigenvalue weighted by Gasteiger charge is 2.69. The van der Waals surface area contributed by atoms with E-state index < -0.39 is 17.4 Å². The third-order valence-corrected chi connectivity index (χ3v) is 6.59. The van der Waals surface area contributed by atoms with E-state index in [1.54, 1.807) is 0 Å². The van der Waals surface area contributed by atoms with Gasteiger partial charge in [0, 0.05) is 21.8 Å². The summed E-state index contributed by atoms with van der Waals surface area (Å²) >= 11 is 3.46. The molecule has 0 radical (unpaired) electrons. The van der Waals surface area contributed by atoms with Gasteiger partial charge >= 0.3 is 0 Å². The highest BCUT2D eigenvalue weighted by Crippen LogP contribution is 2.53. The predicted octanol–water partition coefficient (Wildman–Crippen LogP) is 2.39. The van der Waals surface area contributed by atoms with E-state index in [0.717, 1.165) is 10.0 Å². The van der Waals surface area contributed by atoms with Gasteiger partial charge in [0.1, 0.15) is 5.54 Å². The Hall–Kier alpha value is -2.51. The second-order valence-corrected chi connectivity index (χ2v) is 8.55. The number of hydrogen-bond acceptors (Lipinski definition) is 4. The minimum absolute atomic E-state index is 0.216. The molecule has 2 aromatic carbocycles. The first-order valence-corrected chi connectivity index (χ1v) is 10.0. The first-order chi connectivity index (χ1) is 13.4. The van der Waals surface area contributed by atoms with Crippen LogP contribution in [0.25, 0.3) is 0 Å². The molecule has 2 fully saturated rings. The van der Waals surface area contributed by atoms with Gasteiger partial charge in [-0.2, -0.15) is 0 Å². The SMILES string of the molecule is C[C@@H]1N[C@]2(C(=O)Nc3ccc(Br)cc32)[C@@H]2C(=O)N(Cc3ccccc3)C(=O)[C@@H]12. The topological polar surface area (TPSA) is 78.5 Å². The molecule has 6 nitrogen and oxygen atoms in total. The number of benzene rings is 2. The number of nitrogens with one attached hydrogen (secondary N) is 2. The quantitative estimate of drug-likeness (QED) is 0.704. The van der Waals surface area contributed by atoms with E-state index >= 15 is 0 Å². The molecule has 3 aliphatic rings. The lowest BCUT2D eigenvalue weighted by Crippen LogP contribution is -2.52. The molecule has 0 bridgehead atoms. The van der Waals surface area contributed by atoms with Crippen LogP contribution in [0.3, 0.4) is 0 Å². The third-order valence-electron chi connectivity index (χ3n) is 6.10. The maximum Gasteiger partial charge on any atom is 0.250 e. The number of amides is 3. The Balaban J connectivity index is 1.60. The first-order valence-electron chi connectivity index (χ1n) is 9.22. The second-order valence-electron chi connectivity index (χ2n) is 7.64. The molecule has 0 aliphatic carbocycles. The van der Waals surface area contributed by atoms with Crippen LogP contribution in [-0.4, -0.2) is 28.7 Å². The molecule has 0 aromatic heterocycles. The molecule has 2 saturated heterocycles. The average molecular weight is 440 g/mol. The average Bonchev–Trinajstić information content (AvgIpc) is 3.23. The Bertz CT molecular complexity index is 1020. The fourth-order valence-corrected chi connectivity index (χ4v) is 5.28. The molecule has 7 heteroatoms. The number of fused-ring (bicyclic) bond motifs is 4. The van der Waals surface area contributed by atoms with Gasteiger partial charge in [-0.05, 0) is 30.7 Å². The summed E-state index contributed by atoms with van der Waals surface area (Å²) in [4.78, 5) is 41.0. The van der Waals surface area contributed by atoms with Crippen LogP contribution in [0.15, 0.2) is 53.0 Å². The van der Waals surface area contributed by atoms with Crippen LogP contribution in [0.5, 0.6) is 0 Å². The zero-order valence-electron chi connectivity index (χ0n) is 15.1. The molecular formula is C21H18BrN3O3. The summed E-state index contributed by atoms with van der Waals surface area (Å²) in [7, 11) is 0. The second kappa shape index (κ2) is 5.99. The van der Waals surface area contributed by atoms with E-state index in [-0.39, 0.29) is 30.3 Å². The van der Waals surface area contributed by atoms with Gasteiger partial charge in [-0.1, -0.05) is 46.3 Å². The predicted molar refractivity (Wildman–Crippen MR) is 106 cm³/mol. The van der Waals surface area contributed by atoms with Gasteiger partial charge in [0.2, 0.25) is 17.7 Å². The lowest BCUT2D eigenvalue weighted by molar-refractivity contribution is -0.143. The highest BCUT2D eigenvalue weighted by atomic mass is 79.9. The first kappa shape index (κ1) is 17.6. The van der Waals surface area contributed by atoms with Crippen molar-refractivity contribution in [2.24, 2.45) is 11.8 Å². The van der Waals surface area contributed by atoms with E-state index in [0.29, 0.717) is 11.3 Å². The molecule has 2 N–H and O–H groups in total. The highest BCUT2D eigenvalue weighted by molar-refractivity contribution is 9.10. The van der Waals surface area contributed by atoms with Gasteiger partial charge in [-0.15, -0.1) is 0 Å². The number of carbonyl (C=O) groups is 3. The summed E-state index contributed by atoms with van der Waals surface area (Å²) in [5.74, 6) is -2.10. The maximum atomic E-state index is 13.4. The van der Waals surface area contributed by atoms with Gasteiger partial charge in [-0.25, -0.2) is 0 Å². The Morgan fingerprint density at radius 2 is 1.82 bits per heavy atom. The largest absolute Gasteiger partial charge is 0.324 e. The fourth-order valence-electron chi connectivity index (χ4n) is 4.92. The molecule has 4 atom stereocenters. The Kier molecular flexibility index (Phi) is 3.76. The summed E-state index contributed by atoms with van der Waals surface area (Å²) in [5, 5.41) is 6.19. The number of halogens is 1. The zero-order chi connectivity index (χ0) is 19.6. The standard InChI is InChI=1S/C21H18BrN3O3/c1-11-16-17(19(27)25(18(16)26)10-12-5-3-2-4-6-12)21(24-11)14-9-13(22)7-8-15(14)23-20(21)28/h2-9,11,16-17,24H,10H2,1H3,(H,23,28)/t11-,16-,17-,21-/m0/s1. The smallest absolute Gasteiger partial charge is 0.250 e. The lowest BCUT2D eigenvalue weighted by Gasteiger charge is -2.29. The third kappa shape index (κ3) is 2.20. The van der Waals surface area contributed by atoms with Crippen molar-refractivity contribution in [3.05, 3.63) is 64.1 Å². The van der Waals surface area contributed by atoms with Crippen LogP contribution in [0, 0.1) is 11.8 Å². The molecule has 2 aromatic rings. The van der Waals surface area contributed by atoms with E-state index in [2.05, 4.69) is 26.6 Å². The lowest BCUT2D eigenvalue weighted by atomic mass is 9.76. The Morgan fingerprint density at radius 3 is 2.57 bits per heavy atom. The minimum Gasteiger partial charge on any atom is -0.324 e. The van der Waals surface area contributed by atoms with Crippen molar-refractivity contribution in [1.29, 1.82) is 0 Å². The number of rotatable bonds is 2. The van der Waals surface area contributed by atoms with Crippen molar-refractivity contribution >= 4 is 39.3 Å². The van der Waals surface area contributed by atoms with Crippen molar-refractivity contribution in [3.63, 3.8) is 0 Å². The van der Waals surface area contributed by atoms with Crippen LogP contribution in [0.2, 0.25) is 0 Å². The van der Waals surface area contributed by atoms with Crippen LogP contribution in [-0.2, 0) is 26.5 Å². The van der Waals surface area contributed by atoms with E-state index in [4.69, 9.17) is 0 Å². The van der Waals surface area contributed by atoms with E-state index in [9.17, 15) is 14.4 Å². The molecular weight excluding hydrogens is 422 g/mol. The number of imide groups is 1. The number of carbonyl (C=O) groups excluding carboxylic acids is 3. The van der Waals surface area contributed by atoms with Crippen LogP contribution >= 0.6 is 15.9 Å². The van der Waals surface area contributed by atoms with Gasteiger partial charge in [0.05, 0.1) is 18.4 Å². The summed E-state index contributed by atoms with van der Waals surface area (Å²) in [5.41, 5.74) is 1.06. The summed E-state index contributed by atoms with van der Waals surface area (Å²) in [6, 6.07) is 14.7. The number of anilines is 1. The Morgan fingerprint density at radius 1 is 1.07 bits per heavy atom. The molecule has 0 saturated carbocycles. The monoisotopic (exact) mass is 439 g/mol.